The fraction of sp³-hybridized carbons (Fsp3) is 0.533. The van der Waals surface area contributed by atoms with Gasteiger partial charge in [0.15, 0.2) is 0 Å². The van der Waals surface area contributed by atoms with Crippen LogP contribution in [0.25, 0.3) is 0 Å². The highest BCUT2D eigenvalue weighted by Crippen LogP contribution is 2.26. The molecule has 0 unspecified atom stereocenters. The molecule has 0 aliphatic carbocycles. The van der Waals surface area contributed by atoms with E-state index >= 15 is 0 Å². The molecule has 1 heterocycles. The molecule has 1 aliphatic heterocycles. The molecule has 4 nitrogen and oxygen atoms in total. The van der Waals surface area contributed by atoms with Crippen molar-refractivity contribution in [1.82, 2.24) is 4.90 Å². The lowest BCUT2D eigenvalue weighted by Crippen LogP contribution is -2.57. The van der Waals surface area contributed by atoms with E-state index in [0.29, 0.717) is 13.1 Å². The second kappa shape index (κ2) is 5.64. The molecule has 110 valence electrons. The number of nitrogens with one attached hydrogen (secondary N) is 1. The van der Waals surface area contributed by atoms with Crippen LogP contribution in [0.4, 0.5) is 10.5 Å². The largest absolute Gasteiger partial charge is 0.444 e. The van der Waals surface area contributed by atoms with E-state index in [4.69, 9.17) is 4.74 Å². The minimum absolute atomic E-state index is 0.237. The first-order valence-electron chi connectivity index (χ1n) is 6.75. The highest BCUT2D eigenvalue weighted by molar-refractivity contribution is 9.10. The Kier molecular flexibility index (Phi) is 4.28. The summed E-state index contributed by atoms with van der Waals surface area (Å²) in [5.41, 5.74) is 1.84. The summed E-state index contributed by atoms with van der Waals surface area (Å²) in [5, 5.41) is 3.43. The zero-order chi connectivity index (χ0) is 14.9. The van der Waals surface area contributed by atoms with Gasteiger partial charge >= 0.3 is 6.09 Å². The second-order valence-electron chi connectivity index (χ2n) is 6.21. The van der Waals surface area contributed by atoms with E-state index in [1.54, 1.807) is 4.90 Å². The number of aryl methyl sites for hydroxylation is 1. The molecule has 0 aromatic heterocycles. The van der Waals surface area contributed by atoms with Gasteiger partial charge in [-0.15, -0.1) is 0 Å². The van der Waals surface area contributed by atoms with Crippen LogP contribution in [0.2, 0.25) is 0 Å². The first-order chi connectivity index (χ1) is 9.24. The van der Waals surface area contributed by atoms with Gasteiger partial charge in [0.25, 0.3) is 0 Å². The van der Waals surface area contributed by atoms with Crippen LogP contribution in [0.1, 0.15) is 26.3 Å². The number of rotatable bonds is 2. The van der Waals surface area contributed by atoms with Crippen LogP contribution in [0, 0.1) is 6.92 Å². The monoisotopic (exact) mass is 340 g/mol. The zero-order valence-electron chi connectivity index (χ0n) is 12.4. The van der Waals surface area contributed by atoms with E-state index in [0.717, 1.165) is 10.2 Å². The van der Waals surface area contributed by atoms with E-state index in [1.165, 1.54) is 5.56 Å². The highest BCUT2D eigenvalue weighted by atomic mass is 79.9. The molecule has 1 aliphatic rings. The molecule has 1 N–H and O–H groups in total. The van der Waals surface area contributed by atoms with Crippen molar-refractivity contribution < 1.29 is 9.53 Å². The Bertz CT molecular complexity index is 505. The Balaban J connectivity index is 1.83. The smallest absolute Gasteiger partial charge is 0.410 e. The normalized spacial score (nSPS) is 15.8. The van der Waals surface area contributed by atoms with Crippen molar-refractivity contribution in [3.05, 3.63) is 28.2 Å². The predicted octanol–water partition coefficient (Wildman–Crippen LogP) is 3.79. The molecule has 2 rings (SSSR count). The Morgan fingerprint density at radius 3 is 2.60 bits per heavy atom. The van der Waals surface area contributed by atoms with Gasteiger partial charge in [0.1, 0.15) is 5.60 Å². The summed E-state index contributed by atoms with van der Waals surface area (Å²) in [5.74, 6) is 0. The van der Waals surface area contributed by atoms with Crippen LogP contribution in [0.15, 0.2) is 22.7 Å². The lowest BCUT2D eigenvalue weighted by Gasteiger charge is -2.40. The second-order valence-corrected chi connectivity index (χ2v) is 7.06. The third-order valence-corrected chi connectivity index (χ3v) is 3.67. The van der Waals surface area contributed by atoms with Crippen LogP contribution in [-0.4, -0.2) is 35.7 Å². The fourth-order valence-electron chi connectivity index (χ4n) is 2.00. The van der Waals surface area contributed by atoms with Gasteiger partial charge in [-0.2, -0.15) is 0 Å². The molecule has 1 fully saturated rings. The van der Waals surface area contributed by atoms with Crippen molar-refractivity contribution >= 4 is 27.7 Å². The minimum Gasteiger partial charge on any atom is -0.444 e. The van der Waals surface area contributed by atoms with Crippen molar-refractivity contribution in [3.8, 4) is 0 Å². The van der Waals surface area contributed by atoms with Crippen LogP contribution < -0.4 is 5.32 Å². The molecule has 0 spiro atoms. The van der Waals surface area contributed by atoms with Gasteiger partial charge < -0.3 is 15.0 Å². The van der Waals surface area contributed by atoms with Crippen LogP contribution in [0.5, 0.6) is 0 Å². The molecule has 0 radical (unpaired) electrons. The first-order valence-corrected chi connectivity index (χ1v) is 7.54. The van der Waals surface area contributed by atoms with E-state index in [2.05, 4.69) is 46.4 Å². The van der Waals surface area contributed by atoms with Crippen molar-refractivity contribution in [2.24, 2.45) is 0 Å². The van der Waals surface area contributed by atoms with Gasteiger partial charge in [-0.3, -0.25) is 0 Å². The molecule has 1 amide bonds. The summed E-state index contributed by atoms with van der Waals surface area (Å²) in [7, 11) is 0. The van der Waals surface area contributed by atoms with Crippen molar-refractivity contribution in [1.29, 1.82) is 0 Å². The number of carbonyl (C=O) groups excluding carboxylic acids is 1. The van der Waals surface area contributed by atoms with Gasteiger partial charge in [-0.1, -0.05) is 6.07 Å². The molecule has 0 saturated carbocycles. The number of nitrogens with zero attached hydrogens (tertiary/aromatic N) is 1. The Morgan fingerprint density at radius 2 is 2.05 bits per heavy atom. The highest BCUT2D eigenvalue weighted by Gasteiger charge is 2.33. The molecule has 1 aromatic rings. The summed E-state index contributed by atoms with van der Waals surface area (Å²) >= 11 is 3.54. The van der Waals surface area contributed by atoms with Crippen LogP contribution in [0.3, 0.4) is 0 Å². The van der Waals surface area contributed by atoms with E-state index < -0.39 is 5.60 Å². The number of likely N-dealkylation sites (tertiary alicyclic amines) is 1. The van der Waals surface area contributed by atoms with E-state index in [1.807, 2.05) is 20.8 Å². The van der Waals surface area contributed by atoms with Gasteiger partial charge in [0, 0.05) is 23.2 Å². The number of ether oxygens (including phenoxy) is 1. The maximum absolute atomic E-state index is 11.8. The standard InChI is InChI=1S/C15H21BrN2O2/c1-10-5-6-13(12(16)7-10)17-11-8-18(9-11)14(19)20-15(2,3)4/h5-7,11,17H,8-9H2,1-4H3. The molecule has 1 saturated heterocycles. The van der Waals surface area contributed by atoms with Crippen LogP contribution in [-0.2, 0) is 4.74 Å². The number of anilines is 1. The van der Waals surface area contributed by atoms with Crippen molar-refractivity contribution in [2.45, 2.75) is 39.3 Å². The summed E-state index contributed by atoms with van der Waals surface area (Å²) in [4.78, 5) is 13.5. The summed E-state index contributed by atoms with van der Waals surface area (Å²) in [6.45, 7) is 9.05. The number of hydrogen-bond donors (Lipinski definition) is 1. The van der Waals surface area contributed by atoms with Gasteiger partial charge in [-0.25, -0.2) is 4.79 Å². The average Bonchev–Trinajstić information content (AvgIpc) is 2.22. The quantitative estimate of drug-likeness (QED) is 0.890. The molecule has 0 bridgehead atoms. The molecule has 20 heavy (non-hydrogen) atoms. The number of amides is 1. The van der Waals surface area contributed by atoms with Crippen molar-refractivity contribution in [2.75, 3.05) is 18.4 Å². The van der Waals surface area contributed by atoms with Gasteiger partial charge in [0.2, 0.25) is 0 Å². The molecule has 1 aromatic carbocycles. The SMILES string of the molecule is Cc1ccc(NC2CN(C(=O)OC(C)(C)C)C2)c(Br)c1. The Morgan fingerprint density at radius 1 is 1.40 bits per heavy atom. The average molecular weight is 341 g/mol. The molecule has 0 atom stereocenters. The predicted molar refractivity (Wildman–Crippen MR) is 84.1 cm³/mol. The first kappa shape index (κ1) is 15.2. The summed E-state index contributed by atoms with van der Waals surface area (Å²) < 4.78 is 6.38. The van der Waals surface area contributed by atoms with Gasteiger partial charge in [0.05, 0.1) is 6.04 Å². The lowest BCUT2D eigenvalue weighted by atomic mass is 10.1. The summed E-state index contributed by atoms with van der Waals surface area (Å²) in [6, 6.07) is 6.47. The maximum Gasteiger partial charge on any atom is 0.410 e. The number of halogens is 1. The van der Waals surface area contributed by atoms with Crippen LogP contribution >= 0.6 is 15.9 Å². The van der Waals surface area contributed by atoms with E-state index in [9.17, 15) is 4.79 Å². The van der Waals surface area contributed by atoms with E-state index in [-0.39, 0.29) is 12.1 Å². The third-order valence-electron chi connectivity index (χ3n) is 3.02. The minimum atomic E-state index is -0.435. The molecule has 5 heteroatoms. The lowest BCUT2D eigenvalue weighted by molar-refractivity contribution is 0.0105. The van der Waals surface area contributed by atoms with Gasteiger partial charge in [-0.05, 0) is 61.3 Å². The number of benzene rings is 1. The topological polar surface area (TPSA) is 41.6 Å². The van der Waals surface area contributed by atoms with Crippen molar-refractivity contribution in [3.63, 3.8) is 0 Å². The zero-order valence-corrected chi connectivity index (χ0v) is 14.0. The Hall–Kier alpha value is -1.23. The molecular weight excluding hydrogens is 320 g/mol. The third kappa shape index (κ3) is 3.88. The number of carbonyl (C=O) groups is 1. The fourth-order valence-corrected chi connectivity index (χ4v) is 2.61. The summed E-state index contributed by atoms with van der Waals surface area (Å²) in [6.07, 6.45) is -0.237. The maximum atomic E-state index is 11.8. The molecular formula is C15H21BrN2O2. The number of hydrogen-bond acceptors (Lipinski definition) is 3. The Labute approximate surface area is 128 Å².